The summed E-state index contributed by atoms with van der Waals surface area (Å²) in [6, 6.07) is 8.26. The highest BCUT2D eigenvalue weighted by atomic mass is 19.1. The molecule has 10 heteroatoms. The maximum Gasteiger partial charge on any atom is 0.316 e. The van der Waals surface area contributed by atoms with E-state index in [1.807, 2.05) is 36.1 Å². The minimum Gasteiger partial charge on any atom is -0.464 e. The summed E-state index contributed by atoms with van der Waals surface area (Å²) in [4.78, 5) is 29.4. The number of hydrogen-bond acceptors (Lipinski definition) is 8. The van der Waals surface area contributed by atoms with Gasteiger partial charge in [0.1, 0.15) is 11.3 Å². The average molecular weight is 560 g/mol. The predicted octanol–water partition coefficient (Wildman–Crippen LogP) is 5.51. The van der Waals surface area contributed by atoms with E-state index in [2.05, 4.69) is 15.1 Å². The van der Waals surface area contributed by atoms with Crippen LogP contribution in [0, 0.1) is 10.8 Å². The van der Waals surface area contributed by atoms with Crippen molar-refractivity contribution in [2.75, 3.05) is 24.7 Å². The Bertz CT molecular complexity index is 1460. The molecular formula is C31H34FN5O4. The second kappa shape index (κ2) is 8.80. The van der Waals surface area contributed by atoms with Crippen molar-refractivity contribution < 1.29 is 23.2 Å². The summed E-state index contributed by atoms with van der Waals surface area (Å²) in [7, 11) is 0. The Morgan fingerprint density at radius 3 is 2.49 bits per heavy atom. The molecule has 0 N–H and O–H groups in total. The standard InChI is InChI=1S/C31H34FN5O4/c1-2-39-27-33-13-22(14-34-27)21-4-3-5-23(12-21)37(26(38)29-15-30(32,16-29)17-29)18-28-8-10-31(11-9-28,40-19-28)25-35-24(36-41-25)20-6-7-20/h3-5,12-14,20H,2,6-11,15-19H2,1H3. The van der Waals surface area contributed by atoms with Crippen molar-refractivity contribution in [3.63, 3.8) is 0 Å². The van der Waals surface area contributed by atoms with Crippen LogP contribution in [-0.4, -0.2) is 51.4 Å². The summed E-state index contributed by atoms with van der Waals surface area (Å²) in [5.41, 5.74) is 0.101. The number of carbonyl (C=O) groups excluding carboxylic acids is 1. The molecule has 0 unspecified atom stereocenters. The maximum atomic E-state index is 14.5. The first-order valence-electron chi connectivity index (χ1n) is 14.9. The molecule has 9 nitrogen and oxygen atoms in total. The third-order valence-electron chi connectivity index (χ3n) is 10.1. The van der Waals surface area contributed by atoms with E-state index in [0.29, 0.717) is 56.8 Å². The lowest BCUT2D eigenvalue weighted by atomic mass is 9.41. The zero-order valence-corrected chi connectivity index (χ0v) is 23.3. The quantitative estimate of drug-likeness (QED) is 0.338. The number of alkyl halides is 1. The Morgan fingerprint density at radius 1 is 1.10 bits per heavy atom. The monoisotopic (exact) mass is 559 g/mol. The number of hydrogen-bond donors (Lipinski definition) is 0. The van der Waals surface area contributed by atoms with Gasteiger partial charge in [-0.3, -0.25) is 4.79 Å². The number of aromatic nitrogens is 4. The summed E-state index contributed by atoms with van der Waals surface area (Å²) in [5, 5.41) is 4.23. The molecule has 3 aromatic rings. The first kappa shape index (κ1) is 25.3. The molecule has 0 atom stereocenters. The molecule has 5 saturated carbocycles. The Labute approximate surface area is 237 Å². The van der Waals surface area contributed by atoms with E-state index in [4.69, 9.17) is 19.0 Å². The van der Waals surface area contributed by atoms with Crippen LogP contribution in [0.3, 0.4) is 0 Å². The van der Waals surface area contributed by atoms with Crippen molar-refractivity contribution >= 4 is 11.6 Å². The van der Waals surface area contributed by atoms with Crippen LogP contribution in [-0.2, 0) is 15.1 Å². The van der Waals surface area contributed by atoms with E-state index < -0.39 is 16.7 Å². The van der Waals surface area contributed by atoms with E-state index in [9.17, 15) is 9.18 Å². The smallest absolute Gasteiger partial charge is 0.316 e. The van der Waals surface area contributed by atoms with Gasteiger partial charge in [0.15, 0.2) is 5.82 Å². The molecular weight excluding hydrogens is 525 g/mol. The number of nitrogens with zero attached hydrogens (tertiary/aromatic N) is 5. The van der Waals surface area contributed by atoms with Gasteiger partial charge >= 0.3 is 6.01 Å². The number of ether oxygens (including phenoxy) is 2. The minimum atomic E-state index is -1.15. The van der Waals surface area contributed by atoms with Crippen molar-refractivity contribution in [2.45, 2.75) is 81.9 Å². The lowest BCUT2D eigenvalue weighted by molar-refractivity contribution is -0.214. The normalized spacial score (nSPS) is 33.1. The highest BCUT2D eigenvalue weighted by molar-refractivity contribution is 6.00. The van der Waals surface area contributed by atoms with E-state index in [1.54, 1.807) is 12.4 Å². The molecule has 7 fully saturated rings. The highest BCUT2D eigenvalue weighted by Gasteiger charge is 2.73. The highest BCUT2D eigenvalue weighted by Crippen LogP contribution is 2.70. The second-order valence-corrected chi connectivity index (χ2v) is 13.1. The fourth-order valence-electron chi connectivity index (χ4n) is 7.49. The molecule has 0 radical (unpaired) electrons. The van der Waals surface area contributed by atoms with Gasteiger partial charge in [-0.2, -0.15) is 4.98 Å². The summed E-state index contributed by atoms with van der Waals surface area (Å²) >= 11 is 0. The molecule has 41 heavy (non-hydrogen) atoms. The number of fused-ring (bicyclic) bond motifs is 3. The molecule has 2 aromatic heterocycles. The third kappa shape index (κ3) is 4.08. The summed E-state index contributed by atoms with van der Waals surface area (Å²) in [6.45, 7) is 3.44. The number of anilines is 1. The zero-order valence-electron chi connectivity index (χ0n) is 23.3. The molecule has 2 saturated heterocycles. The van der Waals surface area contributed by atoms with Gasteiger partial charge in [-0.25, -0.2) is 14.4 Å². The number of amides is 1. The van der Waals surface area contributed by atoms with Crippen LogP contribution < -0.4 is 9.64 Å². The minimum absolute atomic E-state index is 0.0277. The van der Waals surface area contributed by atoms with Crippen LogP contribution in [0.2, 0.25) is 0 Å². The molecule has 1 amide bonds. The zero-order chi connectivity index (χ0) is 27.9. The van der Waals surface area contributed by atoms with Crippen molar-refractivity contribution in [3.8, 4) is 17.1 Å². The number of carbonyl (C=O) groups is 1. The largest absolute Gasteiger partial charge is 0.464 e. The molecule has 4 bridgehead atoms. The van der Waals surface area contributed by atoms with Crippen LogP contribution in [0.25, 0.3) is 11.1 Å². The van der Waals surface area contributed by atoms with Crippen LogP contribution in [0.4, 0.5) is 10.1 Å². The number of benzene rings is 1. The van der Waals surface area contributed by atoms with Gasteiger partial charge in [0.2, 0.25) is 5.91 Å². The van der Waals surface area contributed by atoms with E-state index in [0.717, 1.165) is 61.2 Å². The van der Waals surface area contributed by atoms with Crippen LogP contribution in [0.15, 0.2) is 41.2 Å². The summed E-state index contributed by atoms with van der Waals surface area (Å²) in [6.07, 6.45) is 10.0. The molecule has 0 spiro atoms. The van der Waals surface area contributed by atoms with Gasteiger partial charge in [-0.15, -0.1) is 0 Å². The topological polar surface area (TPSA) is 103 Å². The Morgan fingerprint density at radius 2 is 1.85 bits per heavy atom. The van der Waals surface area contributed by atoms with E-state index in [1.165, 1.54) is 0 Å². The Hall–Kier alpha value is -3.40. The third-order valence-corrected chi connectivity index (χ3v) is 10.1. The van der Waals surface area contributed by atoms with E-state index >= 15 is 0 Å². The molecule has 5 aliphatic carbocycles. The van der Waals surface area contributed by atoms with Gasteiger partial charge in [0, 0.05) is 41.5 Å². The first-order valence-corrected chi connectivity index (χ1v) is 14.9. The first-order chi connectivity index (χ1) is 19.8. The van der Waals surface area contributed by atoms with Gasteiger partial charge in [-0.1, -0.05) is 17.3 Å². The van der Waals surface area contributed by atoms with Gasteiger partial charge < -0.3 is 18.9 Å². The second-order valence-electron chi connectivity index (χ2n) is 13.1. The summed E-state index contributed by atoms with van der Waals surface area (Å²) < 4.78 is 32.2. The molecule has 1 aromatic carbocycles. The average Bonchev–Trinajstić information content (AvgIpc) is 3.70. The Balaban J connectivity index is 1.06. The van der Waals surface area contributed by atoms with Crippen molar-refractivity contribution in [1.29, 1.82) is 0 Å². The summed E-state index contributed by atoms with van der Waals surface area (Å²) in [5.74, 6) is 1.87. The lowest BCUT2D eigenvalue weighted by Gasteiger charge is -2.65. The maximum absolute atomic E-state index is 14.5. The molecule has 10 rings (SSSR count). The number of halogens is 1. The predicted molar refractivity (Wildman–Crippen MR) is 146 cm³/mol. The van der Waals surface area contributed by atoms with Gasteiger partial charge in [0.25, 0.3) is 5.89 Å². The van der Waals surface area contributed by atoms with Gasteiger partial charge in [0.05, 0.1) is 18.6 Å². The SMILES string of the molecule is CCOc1ncc(-c2cccc(N(CC34CCC(c5nc(C6CC6)no5)(CC3)OC4)C(=O)C34CC(F)(C3)C4)c2)cn1. The van der Waals surface area contributed by atoms with Crippen molar-refractivity contribution in [3.05, 3.63) is 48.4 Å². The molecule has 214 valence electrons. The fraction of sp³-hybridized carbons (Fsp3) is 0.581. The Kier molecular flexibility index (Phi) is 5.44. The van der Waals surface area contributed by atoms with Gasteiger partial charge in [-0.05, 0) is 82.4 Å². The van der Waals surface area contributed by atoms with E-state index in [-0.39, 0.29) is 11.3 Å². The fourth-order valence-corrected chi connectivity index (χ4v) is 7.49. The van der Waals surface area contributed by atoms with Crippen LogP contribution in [0.1, 0.15) is 82.3 Å². The molecule has 4 heterocycles. The molecule has 2 aliphatic heterocycles. The lowest BCUT2D eigenvalue weighted by Crippen LogP contribution is -2.71. The number of rotatable bonds is 9. The van der Waals surface area contributed by atoms with Crippen molar-refractivity contribution in [1.82, 2.24) is 20.1 Å². The van der Waals surface area contributed by atoms with Crippen LogP contribution >= 0.6 is 0 Å². The molecule has 7 aliphatic rings. The van der Waals surface area contributed by atoms with Crippen molar-refractivity contribution in [2.24, 2.45) is 10.8 Å². The van der Waals surface area contributed by atoms with Crippen LogP contribution in [0.5, 0.6) is 6.01 Å².